The molecule has 6 nitrogen and oxygen atoms in total. The van der Waals surface area contributed by atoms with Crippen molar-refractivity contribution < 1.29 is 0 Å². The number of aliphatic imine (C=N–C) groups is 1. The minimum Gasteiger partial charge on any atom is -0.288 e. The first-order chi connectivity index (χ1) is 11.4. The molecule has 3 aromatic heterocycles. The van der Waals surface area contributed by atoms with Crippen LogP contribution < -0.4 is 0 Å². The fourth-order valence-electron chi connectivity index (χ4n) is 2.85. The van der Waals surface area contributed by atoms with Crippen LogP contribution >= 0.6 is 11.3 Å². The van der Waals surface area contributed by atoms with Crippen molar-refractivity contribution in [3.05, 3.63) is 45.4 Å². The van der Waals surface area contributed by atoms with Gasteiger partial charge in [0.15, 0.2) is 5.65 Å². The van der Waals surface area contributed by atoms with Gasteiger partial charge < -0.3 is 0 Å². The fraction of sp³-hybridized carbons (Fsp3) is 0.188. The van der Waals surface area contributed by atoms with Crippen molar-refractivity contribution >= 4 is 40.5 Å². The molecule has 4 heterocycles. The topological polar surface area (TPSA) is 68.8 Å². The molecule has 0 atom stereocenters. The van der Waals surface area contributed by atoms with Crippen molar-refractivity contribution in [2.75, 3.05) is 6.54 Å². The predicted molar refractivity (Wildman–Crippen MR) is 90.6 cm³/mol. The highest BCUT2D eigenvalue weighted by Gasteiger charge is 2.15. The smallest absolute Gasteiger partial charge is 0.221 e. The molecular formula is C16H12N6S. The quantitative estimate of drug-likeness (QED) is 0.743. The number of hydrogen-bond donors (Lipinski definition) is 0. The maximum absolute atomic E-state index is 4.68. The molecule has 0 fully saturated rings. The number of fused-ring (bicyclic) bond motifs is 2. The number of nitrogens with zero attached hydrogens (tertiary/aromatic N) is 6. The van der Waals surface area contributed by atoms with Crippen molar-refractivity contribution in [3.63, 3.8) is 0 Å². The summed E-state index contributed by atoms with van der Waals surface area (Å²) in [6.45, 7) is 1.38. The van der Waals surface area contributed by atoms with E-state index in [0.717, 1.165) is 17.7 Å². The highest BCUT2D eigenvalue weighted by Crippen LogP contribution is 2.29. The van der Waals surface area contributed by atoms with Crippen molar-refractivity contribution in [2.24, 2.45) is 4.99 Å². The third kappa shape index (κ3) is 2.12. The van der Waals surface area contributed by atoms with Gasteiger partial charge in [0.2, 0.25) is 5.65 Å². The van der Waals surface area contributed by atoms with Crippen molar-refractivity contribution in [2.45, 2.75) is 13.0 Å². The summed E-state index contributed by atoms with van der Waals surface area (Å²) in [5.41, 5.74) is 4.51. The molecular weight excluding hydrogens is 308 g/mol. The molecule has 3 aromatic rings. The van der Waals surface area contributed by atoms with Crippen LogP contribution in [0.1, 0.15) is 21.0 Å². The Bertz CT molecular complexity index is 1010. The number of thiophene rings is 1. The van der Waals surface area contributed by atoms with E-state index in [1.807, 2.05) is 17.0 Å². The first-order valence-corrected chi connectivity index (χ1v) is 8.23. The van der Waals surface area contributed by atoms with E-state index in [1.54, 1.807) is 17.5 Å². The van der Waals surface area contributed by atoms with Crippen LogP contribution in [0.25, 0.3) is 22.9 Å². The summed E-state index contributed by atoms with van der Waals surface area (Å²) in [5, 5.41) is 8.34. The summed E-state index contributed by atoms with van der Waals surface area (Å²) < 4.78 is 1.82. The predicted octanol–water partition coefficient (Wildman–Crippen LogP) is 2.37. The highest BCUT2D eigenvalue weighted by molar-refractivity contribution is 7.13. The first kappa shape index (κ1) is 12.8. The van der Waals surface area contributed by atoms with Gasteiger partial charge in [0, 0.05) is 21.5 Å². The summed E-state index contributed by atoms with van der Waals surface area (Å²) in [6, 6.07) is 2.25. The van der Waals surface area contributed by atoms with Crippen LogP contribution in [0.5, 0.6) is 0 Å². The van der Waals surface area contributed by atoms with Crippen LogP contribution in [0.4, 0.5) is 0 Å². The molecule has 112 valence electrons. The largest absolute Gasteiger partial charge is 0.288 e. The van der Waals surface area contributed by atoms with Crippen LogP contribution in [0, 0.1) is 0 Å². The Morgan fingerprint density at radius 1 is 1.30 bits per heavy atom. The SMILES string of the molecule is C1=Cc2sc(Cn3nnc4ncc(C5=CCN=C5)nc43)cc2C1. The third-order valence-electron chi connectivity index (χ3n) is 3.98. The van der Waals surface area contributed by atoms with Gasteiger partial charge in [-0.25, -0.2) is 14.6 Å². The first-order valence-electron chi connectivity index (χ1n) is 7.41. The van der Waals surface area contributed by atoms with Crippen molar-refractivity contribution in [3.8, 4) is 0 Å². The van der Waals surface area contributed by atoms with E-state index in [-0.39, 0.29) is 0 Å². The average molecular weight is 320 g/mol. The molecule has 0 aromatic carbocycles. The zero-order valence-corrected chi connectivity index (χ0v) is 13.0. The van der Waals surface area contributed by atoms with Gasteiger partial charge in [-0.3, -0.25) is 4.99 Å². The number of aromatic nitrogens is 5. The standard InChI is InChI=1S/C16H12N6S/c1-2-10-6-12(23-14(10)3-1)9-22-16-15(20-21-22)18-8-13(19-16)11-4-5-17-7-11/h1,3-4,6-8H,2,5,9H2. The molecule has 5 rings (SSSR count). The van der Waals surface area contributed by atoms with Crippen LogP contribution in [0.15, 0.2) is 29.4 Å². The molecule has 2 aliphatic rings. The molecule has 0 saturated heterocycles. The summed E-state index contributed by atoms with van der Waals surface area (Å²) in [4.78, 5) is 15.9. The van der Waals surface area contributed by atoms with Gasteiger partial charge >= 0.3 is 0 Å². The summed E-state index contributed by atoms with van der Waals surface area (Å²) in [6.07, 6.45) is 11.0. The lowest BCUT2D eigenvalue weighted by Gasteiger charge is -2.01. The summed E-state index contributed by atoms with van der Waals surface area (Å²) in [5.74, 6) is 0. The molecule has 1 aliphatic heterocycles. The molecule has 0 bridgehead atoms. The molecule has 0 radical (unpaired) electrons. The lowest BCUT2D eigenvalue weighted by molar-refractivity contribution is 0.670. The Morgan fingerprint density at radius 3 is 3.17 bits per heavy atom. The van der Waals surface area contributed by atoms with E-state index in [2.05, 4.69) is 43.5 Å². The Kier molecular flexibility index (Phi) is 2.75. The molecule has 23 heavy (non-hydrogen) atoms. The molecule has 0 amide bonds. The second-order valence-electron chi connectivity index (χ2n) is 5.51. The Balaban J connectivity index is 1.54. The minimum atomic E-state index is 0.577. The number of hydrogen-bond acceptors (Lipinski definition) is 6. The average Bonchev–Trinajstić information content (AvgIpc) is 3.31. The second kappa shape index (κ2) is 4.92. The van der Waals surface area contributed by atoms with E-state index < -0.39 is 0 Å². The van der Waals surface area contributed by atoms with Crippen LogP contribution in [0.3, 0.4) is 0 Å². The van der Waals surface area contributed by atoms with Crippen LogP contribution in [-0.4, -0.2) is 37.7 Å². The summed E-state index contributed by atoms with van der Waals surface area (Å²) >= 11 is 1.80. The van der Waals surface area contributed by atoms with Crippen LogP contribution in [0.2, 0.25) is 0 Å². The van der Waals surface area contributed by atoms with Gasteiger partial charge in [-0.15, -0.1) is 16.4 Å². The van der Waals surface area contributed by atoms with Gasteiger partial charge in [0.25, 0.3) is 0 Å². The van der Waals surface area contributed by atoms with Gasteiger partial charge in [0.05, 0.1) is 25.0 Å². The minimum absolute atomic E-state index is 0.577. The Labute approximate surface area is 135 Å². The summed E-state index contributed by atoms with van der Waals surface area (Å²) in [7, 11) is 0. The van der Waals surface area contributed by atoms with Crippen LogP contribution in [-0.2, 0) is 13.0 Å². The lowest BCUT2D eigenvalue weighted by atomic mass is 10.2. The highest BCUT2D eigenvalue weighted by atomic mass is 32.1. The van der Waals surface area contributed by atoms with Gasteiger partial charge in [-0.1, -0.05) is 17.4 Å². The maximum Gasteiger partial charge on any atom is 0.221 e. The Hall–Kier alpha value is -2.67. The normalized spacial score (nSPS) is 15.6. The lowest BCUT2D eigenvalue weighted by Crippen LogP contribution is -2.03. The van der Waals surface area contributed by atoms with E-state index >= 15 is 0 Å². The molecule has 0 N–H and O–H groups in total. The zero-order valence-electron chi connectivity index (χ0n) is 12.2. The van der Waals surface area contributed by atoms with Crippen molar-refractivity contribution in [1.29, 1.82) is 0 Å². The van der Waals surface area contributed by atoms with E-state index in [4.69, 9.17) is 0 Å². The van der Waals surface area contributed by atoms with E-state index in [0.29, 0.717) is 24.4 Å². The fourth-order valence-corrected chi connectivity index (χ4v) is 3.96. The second-order valence-corrected chi connectivity index (χ2v) is 6.68. The van der Waals surface area contributed by atoms with Gasteiger partial charge in [0.1, 0.15) is 0 Å². The Morgan fingerprint density at radius 2 is 2.30 bits per heavy atom. The van der Waals surface area contributed by atoms with Gasteiger partial charge in [-0.2, -0.15) is 0 Å². The van der Waals surface area contributed by atoms with E-state index in [9.17, 15) is 0 Å². The molecule has 0 saturated carbocycles. The third-order valence-corrected chi connectivity index (χ3v) is 5.10. The zero-order chi connectivity index (χ0) is 15.2. The molecule has 0 unspecified atom stereocenters. The molecule has 1 aliphatic carbocycles. The number of rotatable bonds is 3. The monoisotopic (exact) mass is 320 g/mol. The molecule has 0 spiro atoms. The van der Waals surface area contributed by atoms with E-state index in [1.165, 1.54) is 15.3 Å². The number of allylic oxidation sites excluding steroid dienone is 2. The van der Waals surface area contributed by atoms with Gasteiger partial charge in [-0.05, 0) is 24.1 Å². The maximum atomic E-state index is 4.68. The molecule has 7 heteroatoms. The van der Waals surface area contributed by atoms with Crippen molar-refractivity contribution in [1.82, 2.24) is 25.0 Å².